The Labute approximate surface area is 98.2 Å². The number of methoxy groups -OCH3 is 1. The number of benzene rings is 1. The average Bonchev–Trinajstić information content (AvgIpc) is 2.27. The molecule has 0 saturated carbocycles. The van der Waals surface area contributed by atoms with Crippen molar-refractivity contribution in [2.75, 3.05) is 13.0 Å². The number of rotatable bonds is 4. The first kappa shape index (κ1) is 12.6. The maximum absolute atomic E-state index is 9.67. The van der Waals surface area contributed by atoms with Gasteiger partial charge in [0.05, 0.1) is 24.1 Å². The van der Waals surface area contributed by atoms with Gasteiger partial charge in [0.25, 0.3) is 0 Å². The number of aliphatic hydroxyl groups is 2. The number of alkyl halides is 1. The highest BCUT2D eigenvalue weighted by molar-refractivity contribution is 6.32. The molecule has 0 aromatic heterocycles. The van der Waals surface area contributed by atoms with E-state index in [0.29, 0.717) is 16.3 Å². The molecule has 5 heteroatoms. The van der Waals surface area contributed by atoms with Gasteiger partial charge in [0.1, 0.15) is 11.9 Å². The molecular formula is C10H12Cl2O3. The molecule has 0 radical (unpaired) electrons. The quantitative estimate of drug-likeness (QED) is 0.804. The minimum atomic E-state index is -1.03. The van der Waals surface area contributed by atoms with Crippen molar-refractivity contribution in [2.24, 2.45) is 0 Å². The van der Waals surface area contributed by atoms with Crippen LogP contribution < -0.4 is 4.74 Å². The van der Waals surface area contributed by atoms with Gasteiger partial charge in [0.2, 0.25) is 0 Å². The standard InChI is InChI=1S/C10H12Cl2O3/c1-15-9-4-6(2-3-7(9)12)10(14)8(13)5-11/h2-4,8,10,13-14H,5H2,1H3. The number of hydrogen-bond acceptors (Lipinski definition) is 3. The maximum Gasteiger partial charge on any atom is 0.137 e. The summed E-state index contributed by atoms with van der Waals surface area (Å²) in [7, 11) is 1.48. The Morgan fingerprint density at radius 2 is 2.07 bits per heavy atom. The molecule has 0 aliphatic carbocycles. The summed E-state index contributed by atoms with van der Waals surface area (Å²) in [6.07, 6.45) is -2.04. The van der Waals surface area contributed by atoms with E-state index >= 15 is 0 Å². The zero-order valence-corrected chi connectivity index (χ0v) is 9.66. The van der Waals surface area contributed by atoms with Gasteiger partial charge in [0.15, 0.2) is 0 Å². The van der Waals surface area contributed by atoms with Gasteiger partial charge >= 0.3 is 0 Å². The second kappa shape index (κ2) is 5.56. The predicted molar refractivity (Wildman–Crippen MR) is 59.7 cm³/mol. The van der Waals surface area contributed by atoms with Gasteiger partial charge in [-0.05, 0) is 17.7 Å². The first-order valence-electron chi connectivity index (χ1n) is 4.35. The SMILES string of the molecule is COc1cc(C(O)C(O)CCl)ccc1Cl. The molecule has 0 fully saturated rings. The molecule has 1 aromatic rings. The van der Waals surface area contributed by atoms with Crippen LogP contribution in [0.5, 0.6) is 5.75 Å². The van der Waals surface area contributed by atoms with E-state index in [4.69, 9.17) is 27.9 Å². The van der Waals surface area contributed by atoms with Crippen molar-refractivity contribution in [3.63, 3.8) is 0 Å². The van der Waals surface area contributed by atoms with Crippen molar-refractivity contribution in [3.05, 3.63) is 28.8 Å². The molecule has 0 bridgehead atoms. The largest absolute Gasteiger partial charge is 0.495 e. The first-order valence-corrected chi connectivity index (χ1v) is 5.27. The van der Waals surface area contributed by atoms with E-state index in [1.165, 1.54) is 7.11 Å². The first-order chi connectivity index (χ1) is 7.10. The van der Waals surface area contributed by atoms with Crippen molar-refractivity contribution in [3.8, 4) is 5.75 Å². The lowest BCUT2D eigenvalue weighted by Crippen LogP contribution is -2.19. The summed E-state index contributed by atoms with van der Waals surface area (Å²) in [5.74, 6) is 0.418. The third-order valence-electron chi connectivity index (χ3n) is 2.04. The molecule has 2 atom stereocenters. The zero-order chi connectivity index (χ0) is 11.4. The fourth-order valence-electron chi connectivity index (χ4n) is 1.17. The molecule has 0 heterocycles. The molecule has 2 unspecified atom stereocenters. The number of hydrogen-bond donors (Lipinski definition) is 2. The lowest BCUT2D eigenvalue weighted by Gasteiger charge is -2.16. The monoisotopic (exact) mass is 250 g/mol. The topological polar surface area (TPSA) is 49.7 Å². The van der Waals surface area contributed by atoms with Crippen LogP contribution in [0.3, 0.4) is 0 Å². The molecule has 0 spiro atoms. The summed E-state index contributed by atoms with van der Waals surface area (Å²) < 4.78 is 4.99. The highest BCUT2D eigenvalue weighted by atomic mass is 35.5. The summed E-state index contributed by atoms with van der Waals surface area (Å²) >= 11 is 11.3. The van der Waals surface area contributed by atoms with Crippen LogP contribution in [0, 0.1) is 0 Å². The molecule has 0 aliphatic heterocycles. The minimum absolute atomic E-state index is 0.0356. The van der Waals surface area contributed by atoms with Crippen molar-refractivity contribution in [2.45, 2.75) is 12.2 Å². The smallest absolute Gasteiger partial charge is 0.137 e. The Bertz CT molecular complexity index is 330. The number of ether oxygens (including phenoxy) is 1. The average molecular weight is 251 g/mol. The van der Waals surface area contributed by atoms with Crippen LogP contribution in [0.2, 0.25) is 5.02 Å². The Kier molecular flexibility index (Phi) is 4.67. The summed E-state index contributed by atoms with van der Waals surface area (Å²) in [5, 5.41) is 19.5. The molecule has 84 valence electrons. The third-order valence-corrected chi connectivity index (χ3v) is 2.67. The molecule has 1 aromatic carbocycles. The van der Waals surface area contributed by atoms with Crippen LogP contribution >= 0.6 is 23.2 Å². The van der Waals surface area contributed by atoms with Gasteiger partial charge in [-0.1, -0.05) is 17.7 Å². The number of halogens is 2. The lowest BCUT2D eigenvalue weighted by atomic mass is 10.1. The molecule has 0 saturated heterocycles. The highest BCUT2D eigenvalue weighted by Crippen LogP contribution is 2.28. The van der Waals surface area contributed by atoms with Crippen LogP contribution in [-0.2, 0) is 0 Å². The van der Waals surface area contributed by atoms with Gasteiger partial charge in [0, 0.05) is 0 Å². The van der Waals surface area contributed by atoms with E-state index in [1.54, 1.807) is 18.2 Å². The molecule has 1 rings (SSSR count). The molecule has 2 N–H and O–H groups in total. The van der Waals surface area contributed by atoms with Gasteiger partial charge < -0.3 is 14.9 Å². The number of aliphatic hydroxyl groups excluding tert-OH is 2. The van der Waals surface area contributed by atoms with Crippen molar-refractivity contribution < 1.29 is 14.9 Å². The van der Waals surface area contributed by atoms with Crippen LogP contribution in [0.15, 0.2) is 18.2 Å². The Morgan fingerprint density at radius 3 is 2.60 bits per heavy atom. The molecular weight excluding hydrogens is 239 g/mol. The van der Waals surface area contributed by atoms with Crippen molar-refractivity contribution in [1.29, 1.82) is 0 Å². The van der Waals surface area contributed by atoms with Crippen molar-refractivity contribution in [1.82, 2.24) is 0 Å². The van der Waals surface area contributed by atoms with Crippen LogP contribution in [0.1, 0.15) is 11.7 Å². The summed E-state index contributed by atoms with van der Waals surface area (Å²) in [5.41, 5.74) is 0.518. The Balaban J connectivity index is 2.95. The van der Waals surface area contributed by atoms with E-state index < -0.39 is 12.2 Å². The maximum atomic E-state index is 9.67. The zero-order valence-electron chi connectivity index (χ0n) is 8.15. The van der Waals surface area contributed by atoms with E-state index in [0.717, 1.165) is 0 Å². The second-order valence-corrected chi connectivity index (χ2v) is 3.78. The van der Waals surface area contributed by atoms with Gasteiger partial charge in [-0.25, -0.2) is 0 Å². The fourth-order valence-corrected chi connectivity index (χ4v) is 1.53. The normalized spacial score (nSPS) is 14.7. The van der Waals surface area contributed by atoms with Crippen LogP contribution in [0.4, 0.5) is 0 Å². The predicted octanol–water partition coefficient (Wildman–Crippen LogP) is 1.98. The fraction of sp³-hybridized carbons (Fsp3) is 0.400. The third kappa shape index (κ3) is 2.98. The van der Waals surface area contributed by atoms with E-state index in [2.05, 4.69) is 0 Å². The van der Waals surface area contributed by atoms with E-state index in [1.807, 2.05) is 0 Å². The van der Waals surface area contributed by atoms with Gasteiger partial charge in [-0.3, -0.25) is 0 Å². The highest BCUT2D eigenvalue weighted by Gasteiger charge is 2.18. The van der Waals surface area contributed by atoms with E-state index in [9.17, 15) is 10.2 Å². The van der Waals surface area contributed by atoms with Gasteiger partial charge in [-0.2, -0.15) is 0 Å². The van der Waals surface area contributed by atoms with E-state index in [-0.39, 0.29) is 5.88 Å². The second-order valence-electron chi connectivity index (χ2n) is 3.06. The Hall–Kier alpha value is -0.480. The summed E-state index contributed by atoms with van der Waals surface area (Å²) in [6.45, 7) is 0. The molecule has 3 nitrogen and oxygen atoms in total. The minimum Gasteiger partial charge on any atom is -0.495 e. The lowest BCUT2D eigenvalue weighted by molar-refractivity contribution is 0.0326. The Morgan fingerprint density at radius 1 is 1.40 bits per heavy atom. The summed E-state index contributed by atoms with van der Waals surface area (Å²) in [6, 6.07) is 4.79. The van der Waals surface area contributed by atoms with Crippen LogP contribution in [-0.4, -0.2) is 29.3 Å². The molecule has 0 aliphatic rings. The molecule has 15 heavy (non-hydrogen) atoms. The summed E-state index contributed by atoms with van der Waals surface area (Å²) in [4.78, 5) is 0. The van der Waals surface area contributed by atoms with Crippen molar-refractivity contribution >= 4 is 23.2 Å². The molecule has 0 amide bonds. The van der Waals surface area contributed by atoms with Crippen LogP contribution in [0.25, 0.3) is 0 Å². The van der Waals surface area contributed by atoms with Gasteiger partial charge in [-0.15, -0.1) is 11.6 Å².